The quantitative estimate of drug-likeness (QED) is 0.364. The smallest absolute Gasteiger partial charge is 0.279 e. The number of hydrogen-bond acceptors (Lipinski definition) is 2. The number of aromatic nitrogens is 2. The summed E-state index contributed by atoms with van der Waals surface area (Å²) in [5.74, 6) is -3.71. The van der Waals surface area contributed by atoms with E-state index >= 15 is 0 Å². The molecule has 4 nitrogen and oxygen atoms in total. The van der Waals surface area contributed by atoms with Crippen LogP contribution in [0.2, 0.25) is 0 Å². The van der Waals surface area contributed by atoms with Crippen molar-refractivity contribution in [1.29, 1.82) is 0 Å². The second kappa shape index (κ2) is 7.18. The van der Waals surface area contributed by atoms with E-state index in [1.54, 1.807) is 0 Å². The van der Waals surface area contributed by atoms with Crippen LogP contribution in [-0.4, -0.2) is 16.2 Å². The number of anilines is 2. The standard InChI is InChI=1S/C18H12F5N3O/c1-25-8-16(17(24-25)18(22)23)26(9-27)15-5-3-2-4-10(15)11-6-13(20)14(21)7-12(11)19/h2-9,18H,1H3. The number of hydrogen-bond donors (Lipinski definition) is 0. The van der Waals surface area contributed by atoms with Crippen molar-refractivity contribution in [2.75, 3.05) is 4.90 Å². The van der Waals surface area contributed by atoms with Gasteiger partial charge >= 0.3 is 0 Å². The van der Waals surface area contributed by atoms with E-state index in [2.05, 4.69) is 5.10 Å². The molecule has 1 amide bonds. The Morgan fingerprint density at radius 3 is 2.33 bits per heavy atom. The summed E-state index contributed by atoms with van der Waals surface area (Å²) in [6, 6.07) is 6.73. The molecular formula is C18H12F5N3O. The third kappa shape index (κ3) is 3.40. The van der Waals surface area contributed by atoms with E-state index in [-0.39, 0.29) is 28.9 Å². The Morgan fingerprint density at radius 2 is 1.67 bits per heavy atom. The lowest BCUT2D eigenvalue weighted by molar-refractivity contribution is -0.106. The van der Waals surface area contributed by atoms with Gasteiger partial charge in [0.1, 0.15) is 5.82 Å². The van der Waals surface area contributed by atoms with Gasteiger partial charge in [-0.2, -0.15) is 5.10 Å². The first kappa shape index (κ1) is 18.6. The third-order valence-corrected chi connectivity index (χ3v) is 3.87. The third-order valence-electron chi connectivity index (χ3n) is 3.87. The van der Waals surface area contributed by atoms with Crippen molar-refractivity contribution in [3.05, 3.63) is 65.7 Å². The van der Waals surface area contributed by atoms with Crippen LogP contribution < -0.4 is 4.90 Å². The van der Waals surface area contributed by atoms with Gasteiger partial charge in [-0.05, 0) is 12.1 Å². The molecule has 0 atom stereocenters. The molecule has 140 valence electrons. The van der Waals surface area contributed by atoms with Crippen LogP contribution in [0.3, 0.4) is 0 Å². The molecule has 0 N–H and O–H groups in total. The Balaban J connectivity index is 2.21. The highest BCUT2D eigenvalue weighted by atomic mass is 19.3. The molecule has 0 unspecified atom stereocenters. The van der Waals surface area contributed by atoms with Crippen molar-refractivity contribution in [1.82, 2.24) is 9.78 Å². The fourth-order valence-electron chi connectivity index (χ4n) is 2.72. The average Bonchev–Trinajstić information content (AvgIpc) is 3.01. The highest BCUT2D eigenvalue weighted by Crippen LogP contribution is 2.38. The van der Waals surface area contributed by atoms with Crippen molar-refractivity contribution in [3.8, 4) is 11.1 Å². The first-order valence-corrected chi connectivity index (χ1v) is 7.63. The molecule has 0 radical (unpaired) electrons. The lowest BCUT2D eigenvalue weighted by Crippen LogP contribution is -2.16. The zero-order chi connectivity index (χ0) is 19.7. The predicted molar refractivity (Wildman–Crippen MR) is 88.1 cm³/mol. The van der Waals surface area contributed by atoms with Crippen LogP contribution >= 0.6 is 0 Å². The van der Waals surface area contributed by atoms with Crippen LogP contribution in [-0.2, 0) is 11.8 Å². The van der Waals surface area contributed by atoms with E-state index in [0.717, 1.165) is 9.58 Å². The van der Waals surface area contributed by atoms with E-state index in [4.69, 9.17) is 0 Å². The number of alkyl halides is 2. The molecule has 3 rings (SSSR count). The minimum Gasteiger partial charge on any atom is -0.279 e. The molecule has 0 aliphatic heterocycles. The molecule has 0 aliphatic rings. The minimum atomic E-state index is -2.96. The highest BCUT2D eigenvalue weighted by Gasteiger charge is 2.25. The Kier molecular flexibility index (Phi) is 4.93. The number of para-hydroxylation sites is 1. The lowest BCUT2D eigenvalue weighted by atomic mass is 10.0. The van der Waals surface area contributed by atoms with E-state index < -0.39 is 29.6 Å². The summed E-state index contributed by atoms with van der Waals surface area (Å²) in [6.45, 7) is 0. The Bertz CT molecular complexity index is 1000. The van der Waals surface area contributed by atoms with E-state index in [1.807, 2.05) is 0 Å². The molecular weight excluding hydrogens is 369 g/mol. The summed E-state index contributed by atoms with van der Waals surface area (Å²) in [7, 11) is 1.40. The SMILES string of the molecule is Cn1cc(N(C=O)c2ccccc2-c2cc(F)c(F)cc2F)c(C(F)F)n1. The van der Waals surface area contributed by atoms with Crippen molar-refractivity contribution in [2.24, 2.45) is 7.05 Å². The predicted octanol–water partition coefficient (Wildman–Crippen LogP) is 4.74. The zero-order valence-electron chi connectivity index (χ0n) is 13.8. The molecule has 1 aromatic heterocycles. The number of halogens is 5. The van der Waals surface area contributed by atoms with Crippen molar-refractivity contribution < 1.29 is 26.7 Å². The second-order valence-corrected chi connectivity index (χ2v) is 5.61. The van der Waals surface area contributed by atoms with Gasteiger partial charge in [-0.1, -0.05) is 18.2 Å². The number of nitrogens with zero attached hydrogens (tertiary/aromatic N) is 3. The first-order valence-electron chi connectivity index (χ1n) is 7.63. The summed E-state index contributed by atoms with van der Waals surface area (Å²) in [4.78, 5) is 12.5. The topological polar surface area (TPSA) is 38.1 Å². The number of aryl methyl sites for hydroxylation is 1. The van der Waals surface area contributed by atoms with Crippen LogP contribution in [0, 0.1) is 17.5 Å². The van der Waals surface area contributed by atoms with Crippen LogP contribution in [0.1, 0.15) is 12.1 Å². The lowest BCUT2D eigenvalue weighted by Gasteiger charge is -2.21. The molecule has 2 aromatic carbocycles. The van der Waals surface area contributed by atoms with Crippen molar-refractivity contribution in [2.45, 2.75) is 6.43 Å². The minimum absolute atomic E-state index is 0.00677. The fourth-order valence-corrected chi connectivity index (χ4v) is 2.72. The van der Waals surface area contributed by atoms with Gasteiger partial charge in [-0.15, -0.1) is 0 Å². The number of rotatable bonds is 5. The number of carbonyl (C=O) groups is 1. The van der Waals surface area contributed by atoms with Crippen LogP contribution in [0.4, 0.5) is 33.3 Å². The van der Waals surface area contributed by atoms with Gasteiger partial charge in [0.05, 0.1) is 11.4 Å². The Labute approximate surface area is 150 Å². The molecule has 0 aliphatic carbocycles. The summed E-state index contributed by atoms with van der Waals surface area (Å²) in [5.41, 5.74) is -1.15. The Hall–Kier alpha value is -3.23. The van der Waals surface area contributed by atoms with Gasteiger partial charge in [0.25, 0.3) is 6.43 Å². The molecule has 3 aromatic rings. The zero-order valence-corrected chi connectivity index (χ0v) is 13.8. The second-order valence-electron chi connectivity index (χ2n) is 5.61. The number of amides is 1. The number of benzene rings is 2. The van der Waals surface area contributed by atoms with Crippen molar-refractivity contribution in [3.63, 3.8) is 0 Å². The Morgan fingerprint density at radius 1 is 1.00 bits per heavy atom. The monoisotopic (exact) mass is 381 g/mol. The van der Waals surface area contributed by atoms with Crippen LogP contribution in [0.15, 0.2) is 42.6 Å². The molecule has 1 heterocycles. The maximum atomic E-state index is 14.2. The van der Waals surface area contributed by atoms with E-state index in [1.165, 1.54) is 37.5 Å². The molecule has 0 bridgehead atoms. The number of carbonyl (C=O) groups excluding carboxylic acids is 1. The van der Waals surface area contributed by atoms with Gasteiger partial charge in [0.15, 0.2) is 17.3 Å². The molecule has 0 spiro atoms. The maximum absolute atomic E-state index is 14.2. The van der Waals surface area contributed by atoms with Gasteiger partial charge in [0, 0.05) is 30.4 Å². The summed E-state index contributed by atoms with van der Waals surface area (Å²) in [5, 5.41) is 3.63. The maximum Gasteiger partial charge on any atom is 0.284 e. The van der Waals surface area contributed by atoms with Gasteiger partial charge in [-0.25, -0.2) is 22.0 Å². The van der Waals surface area contributed by atoms with Gasteiger partial charge in [0.2, 0.25) is 6.41 Å². The van der Waals surface area contributed by atoms with Crippen LogP contribution in [0.5, 0.6) is 0 Å². The summed E-state index contributed by atoms with van der Waals surface area (Å²) < 4.78 is 68.7. The normalized spacial score (nSPS) is 11.1. The average molecular weight is 381 g/mol. The van der Waals surface area contributed by atoms with E-state index in [9.17, 15) is 26.7 Å². The highest BCUT2D eigenvalue weighted by molar-refractivity contribution is 5.94. The van der Waals surface area contributed by atoms with E-state index in [0.29, 0.717) is 12.1 Å². The molecule has 0 saturated heterocycles. The largest absolute Gasteiger partial charge is 0.284 e. The molecule has 27 heavy (non-hydrogen) atoms. The van der Waals surface area contributed by atoms with Gasteiger partial charge in [-0.3, -0.25) is 14.4 Å². The van der Waals surface area contributed by atoms with Crippen molar-refractivity contribution >= 4 is 17.8 Å². The summed E-state index contributed by atoms with van der Waals surface area (Å²) in [6.07, 6.45) is -1.50. The molecule has 0 fully saturated rings. The fraction of sp³-hybridized carbons (Fsp3) is 0.111. The van der Waals surface area contributed by atoms with Crippen LogP contribution in [0.25, 0.3) is 11.1 Å². The molecule has 9 heteroatoms. The van der Waals surface area contributed by atoms with Gasteiger partial charge < -0.3 is 0 Å². The molecule has 0 saturated carbocycles. The first-order chi connectivity index (χ1) is 12.8. The summed E-state index contributed by atoms with van der Waals surface area (Å²) >= 11 is 0.